The maximum atomic E-state index is 11.7. The van der Waals surface area contributed by atoms with Gasteiger partial charge >= 0.3 is 0 Å². The summed E-state index contributed by atoms with van der Waals surface area (Å²) in [5.41, 5.74) is 1.85. The van der Waals surface area contributed by atoms with Crippen LogP contribution in [0, 0.1) is 13.8 Å². The van der Waals surface area contributed by atoms with Crippen LogP contribution in [0.25, 0.3) is 0 Å². The van der Waals surface area contributed by atoms with Gasteiger partial charge in [0, 0.05) is 11.0 Å². The maximum Gasteiger partial charge on any atom is 0.240 e. The number of hydrogen-bond acceptors (Lipinski definition) is 2. The molecular formula is C10H14BrNO2S. The molecule has 15 heavy (non-hydrogen) atoms. The molecule has 3 nitrogen and oxygen atoms in total. The largest absolute Gasteiger partial charge is 0.240 e. The molecule has 0 aliphatic carbocycles. The monoisotopic (exact) mass is 291 g/mol. The van der Waals surface area contributed by atoms with Crippen LogP contribution in [0.5, 0.6) is 0 Å². The highest BCUT2D eigenvalue weighted by molar-refractivity contribution is 9.10. The second kappa shape index (κ2) is 4.63. The standard InChI is InChI=1S/C10H14BrNO2S/c1-4-12-15(13,14)9-5-7(2)10(11)8(3)6-9/h5-6,12H,4H2,1-3H3. The van der Waals surface area contributed by atoms with Gasteiger partial charge in [-0.25, -0.2) is 13.1 Å². The first-order valence-electron chi connectivity index (χ1n) is 4.65. The number of sulfonamides is 1. The number of halogens is 1. The molecule has 0 saturated carbocycles. The predicted octanol–water partition coefficient (Wildman–Crippen LogP) is 2.36. The Labute approximate surface area is 99.1 Å². The first kappa shape index (κ1) is 12.7. The molecule has 0 spiro atoms. The summed E-state index contributed by atoms with van der Waals surface area (Å²) >= 11 is 3.40. The van der Waals surface area contributed by atoms with Gasteiger partial charge in [-0.15, -0.1) is 0 Å². The summed E-state index contributed by atoms with van der Waals surface area (Å²) in [4.78, 5) is 0.322. The Kier molecular flexibility index (Phi) is 3.92. The quantitative estimate of drug-likeness (QED) is 0.929. The van der Waals surface area contributed by atoms with Gasteiger partial charge in [0.25, 0.3) is 0 Å². The second-order valence-electron chi connectivity index (χ2n) is 3.37. The fraction of sp³-hybridized carbons (Fsp3) is 0.400. The second-order valence-corrected chi connectivity index (χ2v) is 5.93. The molecular weight excluding hydrogens is 278 g/mol. The SMILES string of the molecule is CCNS(=O)(=O)c1cc(C)c(Br)c(C)c1. The lowest BCUT2D eigenvalue weighted by Gasteiger charge is -2.08. The minimum atomic E-state index is -3.34. The van der Waals surface area contributed by atoms with Gasteiger partial charge in [0.1, 0.15) is 0 Å². The molecule has 0 atom stereocenters. The molecule has 1 rings (SSSR count). The molecule has 0 aromatic heterocycles. The summed E-state index contributed by atoms with van der Waals surface area (Å²) in [5.74, 6) is 0. The van der Waals surface area contributed by atoms with Crippen molar-refractivity contribution in [2.75, 3.05) is 6.54 Å². The van der Waals surface area contributed by atoms with Crippen LogP contribution in [0.2, 0.25) is 0 Å². The van der Waals surface area contributed by atoms with Crippen molar-refractivity contribution in [3.63, 3.8) is 0 Å². The van der Waals surface area contributed by atoms with E-state index in [0.717, 1.165) is 15.6 Å². The summed E-state index contributed by atoms with van der Waals surface area (Å²) < 4.78 is 26.9. The van der Waals surface area contributed by atoms with Crippen molar-refractivity contribution in [3.05, 3.63) is 27.7 Å². The van der Waals surface area contributed by atoms with Crippen LogP contribution in [-0.4, -0.2) is 15.0 Å². The lowest BCUT2D eigenvalue weighted by Crippen LogP contribution is -2.23. The van der Waals surface area contributed by atoms with E-state index in [-0.39, 0.29) is 0 Å². The van der Waals surface area contributed by atoms with Crippen LogP contribution >= 0.6 is 15.9 Å². The van der Waals surface area contributed by atoms with Crippen molar-refractivity contribution in [1.29, 1.82) is 0 Å². The third-order valence-electron chi connectivity index (χ3n) is 2.05. The van der Waals surface area contributed by atoms with Gasteiger partial charge < -0.3 is 0 Å². The van der Waals surface area contributed by atoms with Crippen LogP contribution < -0.4 is 4.72 Å². The van der Waals surface area contributed by atoms with E-state index in [2.05, 4.69) is 20.7 Å². The summed E-state index contributed by atoms with van der Waals surface area (Å²) in [5, 5.41) is 0. The van der Waals surface area contributed by atoms with E-state index in [0.29, 0.717) is 11.4 Å². The van der Waals surface area contributed by atoms with Gasteiger partial charge in [-0.1, -0.05) is 22.9 Å². The summed E-state index contributed by atoms with van der Waals surface area (Å²) in [6.45, 7) is 5.91. The number of benzene rings is 1. The van der Waals surface area contributed by atoms with Crippen molar-refractivity contribution >= 4 is 26.0 Å². The smallest absolute Gasteiger partial charge is 0.211 e. The molecule has 0 radical (unpaired) electrons. The lowest BCUT2D eigenvalue weighted by molar-refractivity contribution is 0.583. The van der Waals surface area contributed by atoms with Crippen molar-refractivity contribution in [3.8, 4) is 0 Å². The van der Waals surface area contributed by atoms with Gasteiger partial charge in [-0.2, -0.15) is 0 Å². The molecule has 0 fully saturated rings. The average molecular weight is 292 g/mol. The molecule has 0 amide bonds. The number of rotatable bonds is 3. The molecule has 0 heterocycles. The van der Waals surface area contributed by atoms with Gasteiger partial charge in [0.05, 0.1) is 4.90 Å². The van der Waals surface area contributed by atoms with Crippen LogP contribution in [0.3, 0.4) is 0 Å². The zero-order valence-electron chi connectivity index (χ0n) is 8.96. The highest BCUT2D eigenvalue weighted by Gasteiger charge is 2.14. The Morgan fingerprint density at radius 3 is 2.13 bits per heavy atom. The number of hydrogen-bond donors (Lipinski definition) is 1. The van der Waals surface area contributed by atoms with Crippen LogP contribution in [0.1, 0.15) is 18.1 Å². The van der Waals surface area contributed by atoms with E-state index in [1.54, 1.807) is 19.1 Å². The third kappa shape index (κ3) is 2.80. The highest BCUT2D eigenvalue weighted by Crippen LogP contribution is 2.24. The van der Waals surface area contributed by atoms with E-state index in [1.165, 1.54) is 0 Å². The normalized spacial score (nSPS) is 11.7. The van der Waals surface area contributed by atoms with E-state index >= 15 is 0 Å². The van der Waals surface area contributed by atoms with Crippen LogP contribution in [0.4, 0.5) is 0 Å². The van der Waals surface area contributed by atoms with Crippen molar-refractivity contribution in [2.45, 2.75) is 25.7 Å². The molecule has 1 aromatic rings. The van der Waals surface area contributed by atoms with Gasteiger partial charge in [-0.05, 0) is 37.1 Å². The first-order chi connectivity index (χ1) is 6.88. The molecule has 1 aromatic carbocycles. The highest BCUT2D eigenvalue weighted by atomic mass is 79.9. The van der Waals surface area contributed by atoms with Gasteiger partial charge in [-0.3, -0.25) is 0 Å². The van der Waals surface area contributed by atoms with E-state index in [4.69, 9.17) is 0 Å². The zero-order chi connectivity index (χ0) is 11.6. The Morgan fingerprint density at radius 1 is 1.27 bits per heavy atom. The van der Waals surface area contributed by atoms with E-state index < -0.39 is 10.0 Å². The van der Waals surface area contributed by atoms with Gasteiger partial charge in [0.2, 0.25) is 10.0 Å². The van der Waals surface area contributed by atoms with Crippen molar-refractivity contribution < 1.29 is 8.42 Å². The summed E-state index contributed by atoms with van der Waals surface area (Å²) in [6.07, 6.45) is 0. The average Bonchev–Trinajstić information content (AvgIpc) is 2.13. The molecule has 0 aliphatic heterocycles. The minimum absolute atomic E-state index is 0.322. The number of nitrogens with one attached hydrogen (secondary N) is 1. The lowest BCUT2D eigenvalue weighted by atomic mass is 10.2. The van der Waals surface area contributed by atoms with E-state index in [9.17, 15) is 8.42 Å². The van der Waals surface area contributed by atoms with Crippen molar-refractivity contribution in [1.82, 2.24) is 4.72 Å². The van der Waals surface area contributed by atoms with Gasteiger partial charge in [0.15, 0.2) is 0 Å². The summed E-state index contributed by atoms with van der Waals surface area (Å²) in [7, 11) is -3.34. The first-order valence-corrected chi connectivity index (χ1v) is 6.92. The van der Waals surface area contributed by atoms with E-state index in [1.807, 2.05) is 13.8 Å². The maximum absolute atomic E-state index is 11.7. The minimum Gasteiger partial charge on any atom is -0.211 e. The van der Waals surface area contributed by atoms with Crippen LogP contribution in [0.15, 0.2) is 21.5 Å². The summed E-state index contributed by atoms with van der Waals surface area (Å²) in [6, 6.07) is 3.32. The third-order valence-corrected chi connectivity index (χ3v) is 4.83. The molecule has 0 unspecified atom stereocenters. The van der Waals surface area contributed by atoms with Crippen LogP contribution in [-0.2, 0) is 10.0 Å². The molecule has 5 heteroatoms. The fourth-order valence-corrected chi connectivity index (χ4v) is 2.77. The molecule has 1 N–H and O–H groups in total. The Bertz CT molecular complexity index is 445. The fourth-order valence-electron chi connectivity index (χ4n) is 1.33. The Morgan fingerprint density at radius 2 is 1.73 bits per heavy atom. The molecule has 0 saturated heterocycles. The molecule has 0 aliphatic rings. The number of aryl methyl sites for hydroxylation is 2. The predicted molar refractivity (Wildman–Crippen MR) is 64.5 cm³/mol. The zero-order valence-corrected chi connectivity index (χ0v) is 11.4. The Hall–Kier alpha value is -0.390. The molecule has 0 bridgehead atoms. The van der Waals surface area contributed by atoms with Crippen molar-refractivity contribution in [2.24, 2.45) is 0 Å². The Balaban J connectivity index is 3.29. The topological polar surface area (TPSA) is 46.2 Å². The molecule has 84 valence electrons.